The first-order valence-electron chi connectivity index (χ1n) is 6.85. The van der Waals surface area contributed by atoms with Gasteiger partial charge < -0.3 is 0 Å². The molecule has 2 aromatic rings. The summed E-state index contributed by atoms with van der Waals surface area (Å²) in [6, 6.07) is 17.7. The van der Waals surface area contributed by atoms with Gasteiger partial charge >= 0.3 is 0 Å². The molecule has 0 N–H and O–H groups in total. The number of hydrogen-bond donors (Lipinski definition) is 0. The monoisotopic (exact) mass is 264 g/mol. The summed E-state index contributed by atoms with van der Waals surface area (Å²) in [6.07, 6.45) is 3.47. The van der Waals surface area contributed by atoms with Gasteiger partial charge in [0.1, 0.15) is 0 Å². The van der Waals surface area contributed by atoms with Gasteiger partial charge in [-0.3, -0.25) is 4.79 Å². The molecule has 1 nitrogen and oxygen atoms in total. The third-order valence-corrected chi connectivity index (χ3v) is 3.26. The largest absolute Gasteiger partial charge is 0.289 e. The maximum Gasteiger partial charge on any atom is 0.185 e. The van der Waals surface area contributed by atoms with E-state index >= 15 is 0 Å². The molecule has 1 heteroatoms. The summed E-state index contributed by atoms with van der Waals surface area (Å²) in [7, 11) is 0. The molecule has 102 valence electrons. The average molecular weight is 264 g/mol. The van der Waals surface area contributed by atoms with Crippen molar-refractivity contribution in [3.05, 3.63) is 77.4 Å². The molecule has 0 aliphatic carbocycles. The summed E-state index contributed by atoms with van der Waals surface area (Å²) in [4.78, 5) is 12.1. The molecule has 0 aliphatic rings. The molecule has 0 heterocycles. The van der Waals surface area contributed by atoms with E-state index in [0.717, 1.165) is 11.1 Å². The average Bonchev–Trinajstić information content (AvgIpc) is 2.45. The Labute approximate surface area is 121 Å². The van der Waals surface area contributed by atoms with E-state index in [-0.39, 0.29) is 11.2 Å². The molecule has 0 saturated carbocycles. The summed E-state index contributed by atoms with van der Waals surface area (Å²) in [5, 5.41) is 0. The van der Waals surface area contributed by atoms with Crippen molar-refractivity contribution in [2.24, 2.45) is 0 Å². The molecule has 0 unspecified atom stereocenters. The van der Waals surface area contributed by atoms with E-state index in [1.165, 1.54) is 5.56 Å². The van der Waals surface area contributed by atoms with E-state index < -0.39 is 0 Å². The van der Waals surface area contributed by atoms with Crippen LogP contribution in [0, 0.1) is 0 Å². The first kappa shape index (κ1) is 14.3. The Morgan fingerprint density at radius 3 is 2.05 bits per heavy atom. The molecule has 20 heavy (non-hydrogen) atoms. The standard InChI is InChI=1S/C19H20O/c1-19(2,3)17-12-10-16(11-13-17)18(20)14-9-15-7-5-4-6-8-15/h4-14H,1-3H3/b14-9-. The van der Waals surface area contributed by atoms with Gasteiger partial charge in [0, 0.05) is 5.56 Å². The topological polar surface area (TPSA) is 17.1 Å². The third kappa shape index (κ3) is 3.67. The molecule has 2 aromatic carbocycles. The van der Waals surface area contributed by atoms with Crippen LogP contribution in [-0.4, -0.2) is 5.78 Å². The van der Waals surface area contributed by atoms with Crippen molar-refractivity contribution >= 4 is 11.9 Å². The SMILES string of the molecule is CC(C)(C)c1ccc(C(=O)/C=C\c2ccccc2)cc1. The fraction of sp³-hybridized carbons (Fsp3) is 0.211. The summed E-state index contributed by atoms with van der Waals surface area (Å²) < 4.78 is 0. The van der Waals surface area contributed by atoms with E-state index in [1.54, 1.807) is 6.08 Å². The van der Waals surface area contributed by atoms with Crippen LogP contribution in [0.3, 0.4) is 0 Å². The molecule has 0 saturated heterocycles. The van der Waals surface area contributed by atoms with Crippen molar-refractivity contribution in [3.63, 3.8) is 0 Å². The minimum Gasteiger partial charge on any atom is -0.289 e. The molecular weight excluding hydrogens is 244 g/mol. The smallest absolute Gasteiger partial charge is 0.185 e. The number of allylic oxidation sites excluding steroid dienone is 1. The van der Waals surface area contributed by atoms with Crippen molar-refractivity contribution in [1.82, 2.24) is 0 Å². The minimum absolute atomic E-state index is 0.0364. The Morgan fingerprint density at radius 2 is 1.50 bits per heavy atom. The molecule has 0 aromatic heterocycles. The van der Waals surface area contributed by atoms with Gasteiger partial charge in [0.25, 0.3) is 0 Å². The molecule has 0 radical (unpaired) electrons. The number of benzene rings is 2. The van der Waals surface area contributed by atoms with Crippen LogP contribution in [0.5, 0.6) is 0 Å². The fourth-order valence-corrected chi connectivity index (χ4v) is 1.97. The molecule has 0 aliphatic heterocycles. The maximum absolute atomic E-state index is 12.1. The van der Waals surface area contributed by atoms with E-state index in [2.05, 4.69) is 20.8 Å². The van der Waals surface area contributed by atoms with Gasteiger partial charge in [-0.15, -0.1) is 0 Å². The molecule has 0 fully saturated rings. The van der Waals surface area contributed by atoms with Crippen molar-refractivity contribution in [3.8, 4) is 0 Å². The normalized spacial score (nSPS) is 11.8. The first-order chi connectivity index (χ1) is 9.47. The Kier molecular flexibility index (Phi) is 4.19. The van der Waals surface area contributed by atoms with Gasteiger partial charge in [-0.25, -0.2) is 0 Å². The van der Waals surface area contributed by atoms with Crippen molar-refractivity contribution in [2.75, 3.05) is 0 Å². The van der Waals surface area contributed by atoms with E-state index in [1.807, 2.05) is 60.7 Å². The first-order valence-corrected chi connectivity index (χ1v) is 6.85. The Hall–Kier alpha value is -2.15. The number of ketones is 1. The second kappa shape index (κ2) is 5.87. The van der Waals surface area contributed by atoms with E-state index in [4.69, 9.17) is 0 Å². The quantitative estimate of drug-likeness (QED) is 0.570. The van der Waals surface area contributed by atoms with Crippen LogP contribution in [0.2, 0.25) is 0 Å². The second-order valence-corrected chi connectivity index (χ2v) is 5.94. The van der Waals surface area contributed by atoms with Crippen molar-refractivity contribution in [1.29, 1.82) is 0 Å². The minimum atomic E-state index is 0.0364. The maximum atomic E-state index is 12.1. The van der Waals surface area contributed by atoms with Crippen LogP contribution < -0.4 is 0 Å². The fourth-order valence-electron chi connectivity index (χ4n) is 1.97. The highest BCUT2D eigenvalue weighted by Crippen LogP contribution is 2.22. The molecule has 0 bridgehead atoms. The lowest BCUT2D eigenvalue weighted by atomic mass is 9.86. The van der Waals surface area contributed by atoms with Crippen LogP contribution in [-0.2, 0) is 5.41 Å². The second-order valence-electron chi connectivity index (χ2n) is 5.94. The zero-order valence-electron chi connectivity index (χ0n) is 12.3. The van der Waals surface area contributed by atoms with Gasteiger partial charge in [0.05, 0.1) is 0 Å². The Balaban J connectivity index is 2.12. The highest BCUT2D eigenvalue weighted by molar-refractivity contribution is 6.06. The highest BCUT2D eigenvalue weighted by Gasteiger charge is 2.13. The van der Waals surface area contributed by atoms with Crippen LogP contribution >= 0.6 is 0 Å². The Morgan fingerprint density at radius 1 is 0.900 bits per heavy atom. The van der Waals surface area contributed by atoms with Gasteiger partial charge in [0.15, 0.2) is 5.78 Å². The van der Waals surface area contributed by atoms with Gasteiger partial charge in [-0.05, 0) is 22.6 Å². The summed E-state index contributed by atoms with van der Waals surface area (Å²) >= 11 is 0. The van der Waals surface area contributed by atoms with E-state index in [0.29, 0.717) is 0 Å². The van der Waals surface area contributed by atoms with Crippen LogP contribution in [0.15, 0.2) is 60.7 Å². The lowest BCUT2D eigenvalue weighted by Gasteiger charge is -2.18. The van der Waals surface area contributed by atoms with Gasteiger partial charge in [-0.2, -0.15) is 0 Å². The zero-order chi connectivity index (χ0) is 14.6. The highest BCUT2D eigenvalue weighted by atomic mass is 16.1. The number of hydrogen-bond acceptors (Lipinski definition) is 1. The summed E-state index contributed by atoms with van der Waals surface area (Å²) in [6.45, 7) is 6.50. The predicted octanol–water partition coefficient (Wildman–Crippen LogP) is 4.88. The zero-order valence-corrected chi connectivity index (χ0v) is 12.3. The van der Waals surface area contributed by atoms with E-state index in [9.17, 15) is 4.79 Å². The predicted molar refractivity (Wildman–Crippen MR) is 84.9 cm³/mol. The number of rotatable bonds is 3. The lowest BCUT2D eigenvalue weighted by Crippen LogP contribution is -2.11. The third-order valence-electron chi connectivity index (χ3n) is 3.26. The molecular formula is C19H20O. The molecule has 0 spiro atoms. The van der Waals surface area contributed by atoms with Crippen LogP contribution in [0.1, 0.15) is 42.3 Å². The molecule has 2 rings (SSSR count). The molecule has 0 atom stereocenters. The Bertz CT molecular complexity index is 598. The summed E-state index contributed by atoms with van der Waals surface area (Å²) in [5.41, 5.74) is 3.11. The van der Waals surface area contributed by atoms with Gasteiger partial charge in [0.2, 0.25) is 0 Å². The summed E-state index contributed by atoms with van der Waals surface area (Å²) in [5.74, 6) is 0.0364. The van der Waals surface area contributed by atoms with Gasteiger partial charge in [-0.1, -0.05) is 81.4 Å². The van der Waals surface area contributed by atoms with Crippen molar-refractivity contribution in [2.45, 2.75) is 26.2 Å². The number of carbonyl (C=O) groups excluding carboxylic acids is 1. The number of carbonyl (C=O) groups is 1. The lowest BCUT2D eigenvalue weighted by molar-refractivity contribution is 0.104. The molecule has 0 amide bonds. The van der Waals surface area contributed by atoms with Crippen LogP contribution in [0.25, 0.3) is 6.08 Å². The van der Waals surface area contributed by atoms with Crippen LogP contribution in [0.4, 0.5) is 0 Å². The van der Waals surface area contributed by atoms with Crippen molar-refractivity contribution < 1.29 is 4.79 Å².